The summed E-state index contributed by atoms with van der Waals surface area (Å²) < 4.78 is 26.8. The summed E-state index contributed by atoms with van der Waals surface area (Å²) in [6.07, 6.45) is 3.05. The van der Waals surface area contributed by atoms with Crippen LogP contribution in [0.15, 0.2) is 76.4 Å². The number of fused-ring (bicyclic) bond motifs is 1. The molecule has 0 aliphatic carbocycles. The Morgan fingerprint density at radius 1 is 1.04 bits per heavy atom. The quantitative estimate of drug-likeness (QED) is 0.690. The van der Waals surface area contributed by atoms with Crippen molar-refractivity contribution in [2.24, 2.45) is 5.10 Å². The summed E-state index contributed by atoms with van der Waals surface area (Å²) in [5, 5.41) is 14.1. The van der Waals surface area contributed by atoms with Gasteiger partial charge < -0.3 is 5.11 Å². The van der Waals surface area contributed by atoms with Crippen LogP contribution in [0.1, 0.15) is 12.5 Å². The number of benzene rings is 2. The van der Waals surface area contributed by atoms with Gasteiger partial charge in [-0.25, -0.2) is 0 Å². The number of hydrogen-bond acceptors (Lipinski definition) is 6. The Bertz CT molecular complexity index is 1270. The van der Waals surface area contributed by atoms with E-state index in [1.807, 2.05) is 30.3 Å². The van der Waals surface area contributed by atoms with Crippen molar-refractivity contribution in [1.29, 1.82) is 0 Å². The molecule has 0 bridgehead atoms. The maximum atomic E-state index is 13.2. The topological polar surface area (TPSA) is 99.9 Å². The zero-order valence-corrected chi connectivity index (χ0v) is 15.6. The van der Waals surface area contributed by atoms with Crippen molar-refractivity contribution < 1.29 is 18.3 Å². The number of pyridine rings is 1. The van der Waals surface area contributed by atoms with Crippen LogP contribution < -0.4 is 0 Å². The van der Waals surface area contributed by atoms with Gasteiger partial charge in [0.2, 0.25) is 0 Å². The molecular weight excluding hydrogens is 378 g/mol. The predicted octanol–water partition coefficient (Wildman–Crippen LogP) is 2.93. The van der Waals surface area contributed by atoms with Crippen molar-refractivity contribution in [3.05, 3.63) is 71.9 Å². The van der Waals surface area contributed by atoms with Gasteiger partial charge in [0.25, 0.3) is 15.9 Å². The number of nitrogens with zero attached hydrogens (tertiary/aromatic N) is 3. The SMILES string of the molecule is CC1=NN(S(=O)(=O)c2ccc(O)c3ncccc23)C(=O)/C1=C/c1ccccc1. The van der Waals surface area contributed by atoms with Crippen LogP contribution >= 0.6 is 0 Å². The zero-order chi connectivity index (χ0) is 19.9. The number of carbonyl (C=O) groups excluding carboxylic acids is 1. The molecule has 0 radical (unpaired) electrons. The molecule has 1 amide bonds. The molecule has 3 aromatic rings. The van der Waals surface area contributed by atoms with Gasteiger partial charge in [-0.05, 0) is 42.8 Å². The molecule has 28 heavy (non-hydrogen) atoms. The van der Waals surface area contributed by atoms with Crippen molar-refractivity contribution in [3.8, 4) is 5.75 Å². The minimum absolute atomic E-state index is 0.135. The molecule has 1 aliphatic rings. The molecule has 1 N–H and O–H groups in total. The van der Waals surface area contributed by atoms with Gasteiger partial charge in [-0.1, -0.05) is 30.3 Å². The van der Waals surface area contributed by atoms with Gasteiger partial charge in [0, 0.05) is 11.6 Å². The Morgan fingerprint density at radius 3 is 2.54 bits per heavy atom. The van der Waals surface area contributed by atoms with Crippen LogP contribution in [0.4, 0.5) is 0 Å². The summed E-state index contributed by atoms with van der Waals surface area (Å²) >= 11 is 0. The number of hydrogen-bond donors (Lipinski definition) is 1. The molecule has 0 unspecified atom stereocenters. The molecule has 7 nitrogen and oxygen atoms in total. The summed E-state index contributed by atoms with van der Waals surface area (Å²) in [5.74, 6) is -0.877. The van der Waals surface area contributed by atoms with Crippen LogP contribution in [0.25, 0.3) is 17.0 Å². The van der Waals surface area contributed by atoms with E-state index in [2.05, 4.69) is 10.1 Å². The molecule has 0 atom stereocenters. The monoisotopic (exact) mass is 393 g/mol. The van der Waals surface area contributed by atoms with Crippen LogP contribution in [0.5, 0.6) is 5.75 Å². The maximum Gasteiger partial charge on any atom is 0.290 e. The number of amides is 1. The van der Waals surface area contributed by atoms with Crippen LogP contribution in [-0.2, 0) is 14.8 Å². The number of aromatic nitrogens is 1. The number of carbonyl (C=O) groups is 1. The molecule has 140 valence electrons. The number of phenols is 1. The molecule has 0 saturated carbocycles. The number of hydrazone groups is 1. The van der Waals surface area contributed by atoms with Gasteiger partial charge >= 0.3 is 0 Å². The van der Waals surface area contributed by atoms with Crippen LogP contribution in [-0.4, -0.2) is 34.5 Å². The average molecular weight is 393 g/mol. The Morgan fingerprint density at radius 2 is 1.79 bits per heavy atom. The first kappa shape index (κ1) is 17.9. The second-order valence-corrected chi connectivity index (χ2v) is 7.93. The van der Waals surface area contributed by atoms with Crippen LogP contribution in [0, 0.1) is 0 Å². The van der Waals surface area contributed by atoms with Crippen LogP contribution in [0.2, 0.25) is 0 Å². The van der Waals surface area contributed by atoms with Crippen molar-refractivity contribution in [2.75, 3.05) is 0 Å². The summed E-state index contributed by atoms with van der Waals surface area (Å²) in [7, 11) is -4.29. The first-order chi connectivity index (χ1) is 13.4. The molecular formula is C20H15N3O4S. The van der Waals surface area contributed by atoms with Gasteiger partial charge in [0.15, 0.2) is 0 Å². The van der Waals surface area contributed by atoms with E-state index in [9.17, 15) is 18.3 Å². The second kappa shape index (κ2) is 6.58. The number of phenolic OH excluding ortho intramolecular Hbond substituents is 1. The lowest BCUT2D eigenvalue weighted by Crippen LogP contribution is -2.29. The highest BCUT2D eigenvalue weighted by Gasteiger charge is 2.38. The van der Waals surface area contributed by atoms with Gasteiger partial charge in [-0.2, -0.15) is 13.5 Å². The summed E-state index contributed by atoms with van der Waals surface area (Å²) in [5.41, 5.74) is 1.41. The molecule has 2 heterocycles. The van der Waals surface area contributed by atoms with Gasteiger partial charge in [0.05, 0.1) is 16.2 Å². The second-order valence-electron chi connectivity index (χ2n) is 6.19. The Labute approximate surface area is 161 Å². The normalized spacial score (nSPS) is 16.0. The number of rotatable bonds is 3. The lowest BCUT2D eigenvalue weighted by atomic mass is 10.1. The molecule has 0 saturated heterocycles. The molecule has 4 rings (SSSR count). The summed E-state index contributed by atoms with van der Waals surface area (Å²) in [4.78, 5) is 16.7. The van der Waals surface area contributed by atoms with E-state index in [0.29, 0.717) is 10.1 Å². The summed E-state index contributed by atoms with van der Waals surface area (Å²) in [6.45, 7) is 1.58. The maximum absolute atomic E-state index is 13.2. The van der Waals surface area contributed by atoms with E-state index in [1.54, 1.807) is 19.1 Å². The Balaban J connectivity index is 1.81. The van der Waals surface area contributed by atoms with Crippen molar-refractivity contribution in [2.45, 2.75) is 11.8 Å². The van der Waals surface area contributed by atoms with Crippen molar-refractivity contribution in [3.63, 3.8) is 0 Å². The lowest BCUT2D eigenvalue weighted by Gasteiger charge is -2.14. The van der Waals surface area contributed by atoms with E-state index in [4.69, 9.17) is 0 Å². The minimum Gasteiger partial charge on any atom is -0.506 e. The highest BCUT2D eigenvalue weighted by Crippen LogP contribution is 2.32. The lowest BCUT2D eigenvalue weighted by molar-refractivity contribution is -0.121. The molecule has 0 spiro atoms. The third kappa shape index (κ3) is 2.84. The van der Waals surface area contributed by atoms with Gasteiger partial charge in [-0.15, -0.1) is 4.41 Å². The highest BCUT2D eigenvalue weighted by molar-refractivity contribution is 7.90. The zero-order valence-electron chi connectivity index (χ0n) is 14.8. The van der Waals surface area contributed by atoms with Gasteiger partial charge in [0.1, 0.15) is 11.3 Å². The minimum atomic E-state index is -4.29. The predicted molar refractivity (Wildman–Crippen MR) is 105 cm³/mol. The largest absolute Gasteiger partial charge is 0.506 e. The van der Waals surface area contributed by atoms with E-state index in [1.165, 1.54) is 24.4 Å². The average Bonchev–Trinajstić information content (AvgIpc) is 2.98. The molecule has 8 heteroatoms. The third-order valence-corrected chi connectivity index (χ3v) is 5.97. The Kier molecular flexibility index (Phi) is 4.20. The first-order valence-corrected chi connectivity index (χ1v) is 9.82. The molecule has 2 aromatic carbocycles. The smallest absolute Gasteiger partial charge is 0.290 e. The van der Waals surface area contributed by atoms with E-state index >= 15 is 0 Å². The van der Waals surface area contributed by atoms with E-state index in [0.717, 1.165) is 5.56 Å². The fourth-order valence-corrected chi connectivity index (χ4v) is 4.40. The number of aromatic hydroxyl groups is 1. The molecule has 1 aliphatic heterocycles. The highest BCUT2D eigenvalue weighted by atomic mass is 32.2. The summed E-state index contributed by atoms with van der Waals surface area (Å²) in [6, 6.07) is 14.7. The van der Waals surface area contributed by atoms with Crippen molar-refractivity contribution >= 4 is 38.6 Å². The van der Waals surface area contributed by atoms with Crippen LogP contribution in [0.3, 0.4) is 0 Å². The third-order valence-electron chi connectivity index (χ3n) is 4.36. The fraction of sp³-hybridized carbons (Fsp3) is 0.0500. The fourth-order valence-electron chi connectivity index (χ4n) is 2.99. The van der Waals surface area contributed by atoms with Crippen molar-refractivity contribution in [1.82, 2.24) is 9.40 Å². The molecule has 1 aromatic heterocycles. The Hall–Kier alpha value is -3.52. The molecule has 0 fully saturated rings. The van der Waals surface area contributed by atoms with E-state index < -0.39 is 15.9 Å². The standard InChI is InChI=1S/C20H15N3O4S/c1-13-16(12-14-6-3-2-4-7-14)20(25)23(22-13)28(26,27)18-10-9-17(24)19-15(18)8-5-11-21-19/h2-12,24H,1H3/b16-12+. The first-order valence-electron chi connectivity index (χ1n) is 8.38. The van der Waals surface area contributed by atoms with Gasteiger partial charge in [-0.3, -0.25) is 9.78 Å². The van der Waals surface area contributed by atoms with E-state index in [-0.39, 0.29) is 27.1 Å². The number of sulfonamides is 1.